The van der Waals surface area contributed by atoms with E-state index in [0.29, 0.717) is 31.1 Å². The molecule has 20 heavy (non-hydrogen) atoms. The molecule has 0 saturated carbocycles. The van der Waals surface area contributed by atoms with Crippen molar-refractivity contribution in [1.29, 1.82) is 5.26 Å². The fourth-order valence-corrected chi connectivity index (χ4v) is 3.78. The Morgan fingerprint density at radius 1 is 1.35 bits per heavy atom. The van der Waals surface area contributed by atoms with Crippen LogP contribution in [0.1, 0.15) is 18.4 Å². The van der Waals surface area contributed by atoms with E-state index in [1.165, 1.54) is 16.4 Å². The highest BCUT2D eigenvalue weighted by atomic mass is 35.5. The number of piperidine rings is 1. The van der Waals surface area contributed by atoms with Crippen molar-refractivity contribution in [3.8, 4) is 6.07 Å². The van der Waals surface area contributed by atoms with E-state index in [1.807, 2.05) is 6.07 Å². The summed E-state index contributed by atoms with van der Waals surface area (Å²) in [5.41, 5.74) is 5.96. The van der Waals surface area contributed by atoms with E-state index < -0.39 is 10.0 Å². The minimum atomic E-state index is -3.48. The van der Waals surface area contributed by atoms with E-state index in [2.05, 4.69) is 0 Å². The Morgan fingerprint density at radius 2 is 2.00 bits per heavy atom. The van der Waals surface area contributed by atoms with Crippen LogP contribution in [-0.2, 0) is 10.0 Å². The van der Waals surface area contributed by atoms with Crippen LogP contribution >= 0.6 is 12.4 Å². The molecule has 0 aliphatic carbocycles. The number of hydrogen-bond donors (Lipinski definition) is 1. The standard InChI is InChI=1S/C13H17N3O2S.ClH/c14-9-11-4-6-16(7-5-11)19(17,18)13-3-1-2-12(8-13)10-15;/h1-3,8,11H,4-7,9,14H2;1H. The summed E-state index contributed by atoms with van der Waals surface area (Å²) in [6.07, 6.45) is 1.60. The molecule has 0 amide bonds. The van der Waals surface area contributed by atoms with E-state index in [4.69, 9.17) is 11.0 Å². The van der Waals surface area contributed by atoms with E-state index in [-0.39, 0.29) is 17.3 Å². The lowest BCUT2D eigenvalue weighted by atomic mass is 9.99. The fraction of sp³-hybridized carbons (Fsp3) is 0.462. The molecular weight excluding hydrogens is 298 g/mol. The van der Waals surface area contributed by atoms with Crippen LogP contribution in [0, 0.1) is 17.2 Å². The zero-order valence-electron chi connectivity index (χ0n) is 11.0. The largest absolute Gasteiger partial charge is 0.330 e. The Balaban J connectivity index is 0.00000200. The van der Waals surface area contributed by atoms with Gasteiger partial charge >= 0.3 is 0 Å². The zero-order chi connectivity index (χ0) is 13.9. The molecular formula is C13H18ClN3O2S. The van der Waals surface area contributed by atoms with Crippen LogP contribution in [0.25, 0.3) is 0 Å². The third kappa shape index (κ3) is 3.49. The summed E-state index contributed by atoms with van der Waals surface area (Å²) < 4.78 is 26.4. The van der Waals surface area contributed by atoms with Gasteiger partial charge in [0.05, 0.1) is 16.5 Å². The summed E-state index contributed by atoms with van der Waals surface area (Å²) in [5, 5.41) is 8.83. The molecule has 0 aromatic heterocycles. The highest BCUT2D eigenvalue weighted by molar-refractivity contribution is 7.89. The summed E-state index contributed by atoms with van der Waals surface area (Å²) in [7, 11) is -3.48. The van der Waals surface area contributed by atoms with Gasteiger partial charge in [-0.15, -0.1) is 12.4 Å². The highest BCUT2D eigenvalue weighted by Crippen LogP contribution is 2.23. The topological polar surface area (TPSA) is 87.2 Å². The molecule has 0 bridgehead atoms. The van der Waals surface area contributed by atoms with Gasteiger partial charge in [0.15, 0.2) is 0 Å². The lowest BCUT2D eigenvalue weighted by Gasteiger charge is -2.30. The molecule has 7 heteroatoms. The molecule has 0 radical (unpaired) electrons. The van der Waals surface area contributed by atoms with Gasteiger partial charge in [0, 0.05) is 13.1 Å². The Bertz CT molecular complexity index is 590. The number of rotatable bonds is 3. The smallest absolute Gasteiger partial charge is 0.243 e. The summed E-state index contributed by atoms with van der Waals surface area (Å²) in [6.45, 7) is 1.61. The molecule has 1 heterocycles. The Hall–Kier alpha value is -1.13. The number of nitrogens with two attached hydrogens (primary N) is 1. The second-order valence-electron chi connectivity index (χ2n) is 4.72. The van der Waals surface area contributed by atoms with Gasteiger partial charge in [0.1, 0.15) is 0 Å². The summed E-state index contributed by atoms with van der Waals surface area (Å²) in [4.78, 5) is 0.192. The average Bonchev–Trinajstić information content (AvgIpc) is 2.47. The molecule has 110 valence electrons. The number of nitrogens with zero attached hydrogens (tertiary/aromatic N) is 2. The molecule has 1 aliphatic rings. The van der Waals surface area contributed by atoms with Crippen molar-refractivity contribution >= 4 is 22.4 Å². The molecule has 0 unspecified atom stereocenters. The second-order valence-corrected chi connectivity index (χ2v) is 6.66. The maximum atomic E-state index is 12.4. The summed E-state index contributed by atoms with van der Waals surface area (Å²) >= 11 is 0. The molecule has 2 rings (SSSR count). The van der Waals surface area contributed by atoms with Gasteiger partial charge in [-0.3, -0.25) is 0 Å². The van der Waals surface area contributed by atoms with Crippen molar-refractivity contribution < 1.29 is 8.42 Å². The molecule has 1 aromatic rings. The van der Waals surface area contributed by atoms with Crippen molar-refractivity contribution in [2.75, 3.05) is 19.6 Å². The third-order valence-electron chi connectivity index (χ3n) is 3.51. The van der Waals surface area contributed by atoms with E-state index >= 15 is 0 Å². The van der Waals surface area contributed by atoms with Crippen molar-refractivity contribution in [3.05, 3.63) is 29.8 Å². The van der Waals surface area contributed by atoms with Crippen molar-refractivity contribution in [2.45, 2.75) is 17.7 Å². The van der Waals surface area contributed by atoms with Crippen LogP contribution in [0.3, 0.4) is 0 Å². The zero-order valence-corrected chi connectivity index (χ0v) is 12.7. The van der Waals surface area contributed by atoms with Gasteiger partial charge in [-0.05, 0) is 43.5 Å². The van der Waals surface area contributed by atoms with Crippen LogP contribution in [0.5, 0.6) is 0 Å². The lowest BCUT2D eigenvalue weighted by Crippen LogP contribution is -2.40. The number of nitriles is 1. The van der Waals surface area contributed by atoms with Crippen LogP contribution < -0.4 is 5.73 Å². The first-order valence-corrected chi connectivity index (χ1v) is 7.72. The van der Waals surface area contributed by atoms with Crippen molar-refractivity contribution in [2.24, 2.45) is 11.7 Å². The molecule has 1 aliphatic heterocycles. The maximum absolute atomic E-state index is 12.4. The number of hydrogen-bond acceptors (Lipinski definition) is 4. The SMILES string of the molecule is Cl.N#Cc1cccc(S(=O)(=O)N2CCC(CN)CC2)c1. The minimum absolute atomic E-state index is 0. The second kappa shape index (κ2) is 7.04. The third-order valence-corrected chi connectivity index (χ3v) is 5.40. The Kier molecular flexibility index (Phi) is 5.96. The van der Waals surface area contributed by atoms with Gasteiger partial charge in [-0.1, -0.05) is 6.07 Å². The first kappa shape index (κ1) is 16.9. The molecule has 1 saturated heterocycles. The van der Waals surface area contributed by atoms with E-state index in [9.17, 15) is 8.42 Å². The molecule has 1 fully saturated rings. The maximum Gasteiger partial charge on any atom is 0.243 e. The first-order chi connectivity index (χ1) is 9.07. The quantitative estimate of drug-likeness (QED) is 0.911. The normalized spacial score (nSPS) is 17.2. The average molecular weight is 316 g/mol. The molecule has 1 aromatic carbocycles. The van der Waals surface area contributed by atoms with Gasteiger partial charge in [-0.2, -0.15) is 9.57 Å². The Labute approximate surface area is 125 Å². The van der Waals surface area contributed by atoms with Crippen LogP contribution in [-0.4, -0.2) is 32.4 Å². The molecule has 0 atom stereocenters. The Morgan fingerprint density at radius 3 is 2.55 bits per heavy atom. The van der Waals surface area contributed by atoms with Gasteiger partial charge in [0.25, 0.3) is 0 Å². The van der Waals surface area contributed by atoms with Gasteiger partial charge in [0.2, 0.25) is 10.0 Å². The van der Waals surface area contributed by atoms with Crippen molar-refractivity contribution in [3.63, 3.8) is 0 Å². The number of halogens is 1. The van der Waals surface area contributed by atoms with E-state index in [0.717, 1.165) is 12.8 Å². The van der Waals surface area contributed by atoms with Crippen LogP contribution in [0.2, 0.25) is 0 Å². The van der Waals surface area contributed by atoms with E-state index in [1.54, 1.807) is 12.1 Å². The number of sulfonamides is 1. The van der Waals surface area contributed by atoms with Gasteiger partial charge in [-0.25, -0.2) is 8.42 Å². The minimum Gasteiger partial charge on any atom is -0.330 e. The van der Waals surface area contributed by atoms with Gasteiger partial charge < -0.3 is 5.73 Å². The molecule has 0 spiro atoms. The summed E-state index contributed by atoms with van der Waals surface area (Å²) in [6, 6.07) is 8.11. The summed E-state index contributed by atoms with van der Waals surface area (Å²) in [5.74, 6) is 0.414. The van der Waals surface area contributed by atoms with Crippen LogP contribution in [0.15, 0.2) is 29.2 Å². The highest BCUT2D eigenvalue weighted by Gasteiger charge is 2.28. The molecule has 2 N–H and O–H groups in total. The lowest BCUT2D eigenvalue weighted by molar-refractivity contribution is 0.278. The van der Waals surface area contributed by atoms with Crippen molar-refractivity contribution in [1.82, 2.24) is 4.31 Å². The predicted octanol–water partition coefficient (Wildman–Crippen LogP) is 1.34. The molecule has 5 nitrogen and oxygen atoms in total. The monoisotopic (exact) mass is 315 g/mol. The first-order valence-electron chi connectivity index (χ1n) is 6.28. The fourth-order valence-electron chi connectivity index (χ4n) is 2.26. The predicted molar refractivity (Wildman–Crippen MR) is 78.9 cm³/mol. The van der Waals surface area contributed by atoms with Crippen LogP contribution in [0.4, 0.5) is 0 Å². The number of benzene rings is 1.